The van der Waals surface area contributed by atoms with Crippen molar-refractivity contribution in [1.29, 1.82) is 0 Å². The quantitative estimate of drug-likeness (QED) is 0.859. The molecule has 0 radical (unpaired) electrons. The summed E-state index contributed by atoms with van der Waals surface area (Å²) in [6.45, 7) is 9.51. The molecule has 1 N–H and O–H groups in total. The molecule has 0 bridgehead atoms. The zero-order chi connectivity index (χ0) is 16.4. The fourth-order valence-corrected chi connectivity index (χ4v) is 3.50. The van der Waals surface area contributed by atoms with E-state index in [9.17, 15) is 9.59 Å². The van der Waals surface area contributed by atoms with E-state index in [0.29, 0.717) is 13.0 Å². The van der Waals surface area contributed by atoms with Crippen LogP contribution < -0.4 is 9.80 Å². The Morgan fingerprint density at radius 2 is 1.87 bits per heavy atom. The van der Waals surface area contributed by atoms with E-state index in [1.807, 2.05) is 36.1 Å². The van der Waals surface area contributed by atoms with E-state index < -0.39 is 0 Å². The van der Waals surface area contributed by atoms with Gasteiger partial charge < -0.3 is 14.7 Å². The molecule has 1 atom stereocenters. The average molecular weight is 316 g/mol. The van der Waals surface area contributed by atoms with Gasteiger partial charge in [0.2, 0.25) is 11.8 Å². The van der Waals surface area contributed by atoms with Crippen molar-refractivity contribution >= 4 is 17.5 Å². The van der Waals surface area contributed by atoms with Crippen LogP contribution in [0.1, 0.15) is 18.9 Å². The van der Waals surface area contributed by atoms with E-state index in [4.69, 9.17) is 0 Å². The van der Waals surface area contributed by atoms with Gasteiger partial charge in [-0.25, -0.2) is 0 Å². The minimum Gasteiger partial charge on any atom is -0.332 e. The standard InChI is InChI=1S/C18H25N3O2/c1-3-19-8-10-20(11-9-19)18(23)15-12-17(22)21(13-15)16-6-4-14(2)5-7-16/h4-7,15H,3,8-13H2,1-2H3/p+1/t15-/m1/s1. The summed E-state index contributed by atoms with van der Waals surface area (Å²) in [5, 5.41) is 0. The number of hydrogen-bond acceptors (Lipinski definition) is 2. The molecule has 1 aromatic rings. The highest BCUT2D eigenvalue weighted by molar-refractivity contribution is 6.00. The second kappa shape index (κ2) is 6.71. The summed E-state index contributed by atoms with van der Waals surface area (Å²) in [7, 11) is 0. The fourth-order valence-electron chi connectivity index (χ4n) is 3.50. The molecule has 2 saturated heterocycles. The first-order chi connectivity index (χ1) is 11.1. The number of likely N-dealkylation sites (N-methyl/N-ethyl adjacent to an activating group) is 1. The molecular weight excluding hydrogens is 290 g/mol. The number of rotatable bonds is 3. The predicted octanol–water partition coefficient (Wildman–Crippen LogP) is 0.0949. The van der Waals surface area contributed by atoms with Crippen molar-refractivity contribution < 1.29 is 14.5 Å². The van der Waals surface area contributed by atoms with Gasteiger partial charge in [0.1, 0.15) is 0 Å². The number of anilines is 1. The third-order valence-corrected chi connectivity index (χ3v) is 5.10. The van der Waals surface area contributed by atoms with Gasteiger partial charge >= 0.3 is 0 Å². The number of hydrogen-bond donors (Lipinski definition) is 1. The first-order valence-electron chi connectivity index (χ1n) is 8.58. The summed E-state index contributed by atoms with van der Waals surface area (Å²) in [6.07, 6.45) is 0.341. The van der Waals surface area contributed by atoms with Gasteiger partial charge in [-0.1, -0.05) is 17.7 Å². The van der Waals surface area contributed by atoms with Crippen LogP contribution in [0.15, 0.2) is 24.3 Å². The highest BCUT2D eigenvalue weighted by Gasteiger charge is 2.38. The van der Waals surface area contributed by atoms with E-state index >= 15 is 0 Å². The van der Waals surface area contributed by atoms with E-state index in [2.05, 4.69) is 6.92 Å². The maximum atomic E-state index is 12.7. The SMILES string of the molecule is CC[NH+]1CCN(C(=O)[C@@H]2CC(=O)N(c3ccc(C)cc3)C2)CC1. The van der Waals surface area contributed by atoms with E-state index in [1.165, 1.54) is 5.56 Å². The summed E-state index contributed by atoms with van der Waals surface area (Å²) in [5.74, 6) is 0.0279. The van der Waals surface area contributed by atoms with Crippen LogP contribution in [0, 0.1) is 12.8 Å². The van der Waals surface area contributed by atoms with Crippen molar-refractivity contribution in [2.24, 2.45) is 5.92 Å². The van der Waals surface area contributed by atoms with Gasteiger partial charge in [0.25, 0.3) is 0 Å². The van der Waals surface area contributed by atoms with Crippen molar-refractivity contribution in [2.45, 2.75) is 20.3 Å². The molecule has 2 fully saturated rings. The first kappa shape index (κ1) is 16.0. The molecule has 0 saturated carbocycles. The van der Waals surface area contributed by atoms with Gasteiger partial charge in [0.15, 0.2) is 0 Å². The van der Waals surface area contributed by atoms with Crippen LogP contribution in [0.3, 0.4) is 0 Å². The van der Waals surface area contributed by atoms with Crippen LogP contribution in [0.5, 0.6) is 0 Å². The largest absolute Gasteiger partial charge is 0.332 e. The number of amides is 2. The number of piperazine rings is 1. The molecule has 23 heavy (non-hydrogen) atoms. The second-order valence-corrected chi connectivity index (χ2v) is 6.67. The van der Waals surface area contributed by atoms with Crippen LogP contribution in [0.25, 0.3) is 0 Å². The number of aryl methyl sites for hydroxylation is 1. The Morgan fingerprint density at radius 3 is 2.48 bits per heavy atom. The number of nitrogens with zero attached hydrogens (tertiary/aromatic N) is 2. The lowest BCUT2D eigenvalue weighted by Gasteiger charge is -2.33. The fraction of sp³-hybridized carbons (Fsp3) is 0.556. The Labute approximate surface area is 137 Å². The lowest BCUT2D eigenvalue weighted by atomic mass is 10.1. The molecule has 5 heteroatoms. The summed E-state index contributed by atoms with van der Waals surface area (Å²) < 4.78 is 0. The Morgan fingerprint density at radius 1 is 1.22 bits per heavy atom. The minimum atomic E-state index is -0.188. The van der Waals surface area contributed by atoms with Crippen LogP contribution in [-0.2, 0) is 9.59 Å². The van der Waals surface area contributed by atoms with Crippen molar-refractivity contribution in [3.05, 3.63) is 29.8 Å². The van der Waals surface area contributed by atoms with E-state index in [1.54, 1.807) is 9.80 Å². The predicted molar refractivity (Wildman–Crippen MR) is 89.5 cm³/mol. The molecule has 2 aliphatic heterocycles. The smallest absolute Gasteiger partial charge is 0.228 e. The summed E-state index contributed by atoms with van der Waals surface area (Å²) in [6, 6.07) is 7.93. The molecule has 0 aliphatic carbocycles. The zero-order valence-electron chi connectivity index (χ0n) is 14.0. The molecule has 5 nitrogen and oxygen atoms in total. The number of nitrogens with one attached hydrogen (secondary N) is 1. The normalized spacial score (nSPS) is 22.7. The highest BCUT2D eigenvalue weighted by atomic mass is 16.2. The van der Waals surface area contributed by atoms with Crippen LogP contribution >= 0.6 is 0 Å². The number of carbonyl (C=O) groups excluding carboxylic acids is 2. The molecule has 0 unspecified atom stereocenters. The minimum absolute atomic E-state index is 0.0602. The van der Waals surface area contributed by atoms with Gasteiger partial charge in [0.05, 0.1) is 38.6 Å². The summed E-state index contributed by atoms with van der Waals surface area (Å²) >= 11 is 0. The number of benzene rings is 1. The molecular formula is C18H26N3O2+. The third-order valence-electron chi connectivity index (χ3n) is 5.10. The lowest BCUT2D eigenvalue weighted by Crippen LogP contribution is -3.14. The lowest BCUT2D eigenvalue weighted by molar-refractivity contribution is -0.902. The van der Waals surface area contributed by atoms with E-state index in [0.717, 1.165) is 38.4 Å². The Hall–Kier alpha value is -1.88. The zero-order valence-corrected chi connectivity index (χ0v) is 14.0. The van der Waals surface area contributed by atoms with E-state index in [-0.39, 0.29) is 17.7 Å². The molecule has 0 aromatic heterocycles. The average Bonchev–Trinajstić information content (AvgIpc) is 2.97. The Kier molecular flexibility index (Phi) is 4.66. The molecule has 0 spiro atoms. The van der Waals surface area contributed by atoms with Crippen molar-refractivity contribution in [1.82, 2.24) is 4.90 Å². The second-order valence-electron chi connectivity index (χ2n) is 6.67. The number of carbonyl (C=O) groups is 2. The van der Waals surface area contributed by atoms with Gasteiger partial charge in [-0.05, 0) is 26.0 Å². The Bertz CT molecular complexity index is 576. The van der Waals surface area contributed by atoms with Crippen LogP contribution in [0.4, 0.5) is 5.69 Å². The van der Waals surface area contributed by atoms with Crippen LogP contribution in [0.2, 0.25) is 0 Å². The van der Waals surface area contributed by atoms with Crippen LogP contribution in [-0.4, -0.2) is 56.0 Å². The Balaban J connectivity index is 1.63. The summed E-state index contributed by atoms with van der Waals surface area (Å²) in [4.78, 5) is 30.3. The monoisotopic (exact) mass is 316 g/mol. The van der Waals surface area contributed by atoms with Gasteiger partial charge in [-0.3, -0.25) is 9.59 Å². The van der Waals surface area contributed by atoms with Crippen molar-refractivity contribution in [3.63, 3.8) is 0 Å². The van der Waals surface area contributed by atoms with Gasteiger partial charge in [0, 0.05) is 18.7 Å². The van der Waals surface area contributed by atoms with Gasteiger partial charge in [-0.15, -0.1) is 0 Å². The maximum Gasteiger partial charge on any atom is 0.228 e. The molecule has 2 aliphatic rings. The van der Waals surface area contributed by atoms with Crippen molar-refractivity contribution in [3.8, 4) is 0 Å². The molecule has 124 valence electrons. The molecule has 2 heterocycles. The highest BCUT2D eigenvalue weighted by Crippen LogP contribution is 2.26. The maximum absolute atomic E-state index is 12.7. The number of quaternary nitrogens is 1. The van der Waals surface area contributed by atoms with Gasteiger partial charge in [-0.2, -0.15) is 0 Å². The molecule has 1 aromatic carbocycles. The topological polar surface area (TPSA) is 45.1 Å². The third kappa shape index (κ3) is 3.39. The first-order valence-corrected chi connectivity index (χ1v) is 8.58. The molecule has 2 amide bonds. The molecule has 3 rings (SSSR count). The van der Waals surface area contributed by atoms with Crippen molar-refractivity contribution in [2.75, 3.05) is 44.2 Å². The summed E-state index contributed by atoms with van der Waals surface area (Å²) in [5.41, 5.74) is 2.07.